The molecular formula is C37H55F2N3O5S. The number of carbonyl (C=O) groups excluding carboxylic acids is 2. The number of methoxy groups -OCH3 is 3. The zero-order valence-corrected chi connectivity index (χ0v) is 31.2. The smallest absolute Gasteiger partial charge is 0.252 e. The largest absolute Gasteiger partial charge is 0.496 e. The van der Waals surface area contributed by atoms with Gasteiger partial charge in [-0.25, -0.2) is 18.7 Å². The number of fused-ring (bicyclic) bond motifs is 1. The van der Waals surface area contributed by atoms with Crippen LogP contribution in [0.2, 0.25) is 0 Å². The first-order valence-corrected chi connectivity index (χ1v) is 17.6. The van der Waals surface area contributed by atoms with Gasteiger partial charge in [0.2, 0.25) is 5.88 Å². The molecule has 48 heavy (non-hydrogen) atoms. The zero-order chi connectivity index (χ0) is 36.1. The molecule has 0 radical (unpaired) electrons. The van der Waals surface area contributed by atoms with Crippen molar-refractivity contribution in [1.82, 2.24) is 15.3 Å². The molecule has 2 unspecified atom stereocenters. The Labute approximate surface area is 289 Å². The van der Waals surface area contributed by atoms with E-state index in [0.717, 1.165) is 46.5 Å². The summed E-state index contributed by atoms with van der Waals surface area (Å²) in [7, 11) is 4.83. The van der Waals surface area contributed by atoms with Crippen LogP contribution in [0.4, 0.5) is 8.78 Å². The second-order valence-electron chi connectivity index (χ2n) is 13.2. The number of pyridine rings is 1. The molecule has 0 aliphatic heterocycles. The number of ketones is 1. The molecule has 11 heteroatoms. The zero-order valence-electron chi connectivity index (χ0n) is 30.4. The molecule has 1 aliphatic carbocycles. The highest BCUT2D eigenvalue weighted by Crippen LogP contribution is 2.45. The Kier molecular flexibility index (Phi) is 16.3. The van der Waals surface area contributed by atoms with E-state index >= 15 is 0 Å². The number of aryl methyl sites for hydroxylation is 2. The van der Waals surface area contributed by atoms with Crippen molar-refractivity contribution in [2.45, 2.75) is 111 Å². The number of hydrogen-bond acceptors (Lipinski definition) is 8. The number of Topliss-reactive ketones (excluding diaryl/α,β-unsaturated/α-hetero) is 1. The van der Waals surface area contributed by atoms with Gasteiger partial charge in [-0.05, 0) is 63.1 Å². The molecule has 8 nitrogen and oxygen atoms in total. The summed E-state index contributed by atoms with van der Waals surface area (Å²) in [5.74, 6) is -0.328. The number of aromatic nitrogens is 2. The van der Waals surface area contributed by atoms with Crippen LogP contribution in [0, 0.1) is 25.7 Å². The van der Waals surface area contributed by atoms with Gasteiger partial charge in [0.05, 0.1) is 35.0 Å². The molecule has 268 valence electrons. The maximum absolute atomic E-state index is 12.9. The van der Waals surface area contributed by atoms with Gasteiger partial charge in [0.15, 0.2) is 5.78 Å². The summed E-state index contributed by atoms with van der Waals surface area (Å²) in [6.45, 7) is 15.1. The van der Waals surface area contributed by atoms with Gasteiger partial charge in [0.25, 0.3) is 11.8 Å². The molecule has 3 aromatic rings. The van der Waals surface area contributed by atoms with Crippen molar-refractivity contribution in [2.75, 3.05) is 27.9 Å². The molecule has 0 bridgehead atoms. The standard InChI is InChI=1S/C14H17NO2S.C13H16F2N2O2.C10H22O/c1-4-5-6-11(16)13-12(17-3)8-7-10-14(13)18-9(2)15-10;1-8-5-16-10(19-3)4-9(8)11(18)17-12(2)6-13(14,15)7-12;1-5-6-9(2)7-10(3)8-11-4/h7-8H,4-6H2,1-3H3;4-5H,6-7H2,1-3H3,(H,17,18);9-10H,5-8H2,1-4H3. The summed E-state index contributed by atoms with van der Waals surface area (Å²) in [6.07, 6.45) is 7.34. The first-order valence-electron chi connectivity index (χ1n) is 16.8. The fourth-order valence-electron chi connectivity index (χ4n) is 6.01. The van der Waals surface area contributed by atoms with E-state index in [-0.39, 0.29) is 24.5 Å². The Balaban J connectivity index is 0.000000260. The van der Waals surface area contributed by atoms with Crippen molar-refractivity contribution in [1.29, 1.82) is 0 Å². The maximum Gasteiger partial charge on any atom is 0.252 e. The summed E-state index contributed by atoms with van der Waals surface area (Å²) in [4.78, 5) is 32.8. The molecule has 2 heterocycles. The van der Waals surface area contributed by atoms with Gasteiger partial charge in [0, 0.05) is 56.3 Å². The van der Waals surface area contributed by atoms with Crippen LogP contribution in [0.1, 0.15) is 117 Å². The van der Waals surface area contributed by atoms with Gasteiger partial charge in [-0.1, -0.05) is 47.0 Å². The lowest BCUT2D eigenvalue weighted by atomic mass is 9.75. The summed E-state index contributed by atoms with van der Waals surface area (Å²) in [6, 6.07) is 5.25. The third kappa shape index (κ3) is 12.4. The Morgan fingerprint density at radius 1 is 1.04 bits per heavy atom. The summed E-state index contributed by atoms with van der Waals surface area (Å²) >= 11 is 1.56. The molecule has 1 fully saturated rings. The first kappa shape index (κ1) is 41.0. The second-order valence-corrected chi connectivity index (χ2v) is 14.4. The average molecular weight is 692 g/mol. The number of hydrogen-bond donors (Lipinski definition) is 1. The average Bonchev–Trinajstić information content (AvgIpc) is 3.39. The minimum absolute atomic E-state index is 0.156. The number of unbranched alkanes of at least 4 members (excludes halogenated alkanes) is 1. The summed E-state index contributed by atoms with van der Waals surface area (Å²) in [5, 5.41) is 3.63. The van der Waals surface area contributed by atoms with E-state index in [1.54, 1.807) is 39.4 Å². The van der Waals surface area contributed by atoms with E-state index in [1.165, 1.54) is 38.6 Å². The van der Waals surface area contributed by atoms with E-state index in [9.17, 15) is 18.4 Å². The predicted molar refractivity (Wildman–Crippen MR) is 190 cm³/mol. The Bertz CT molecular complexity index is 1460. The minimum atomic E-state index is -2.67. The van der Waals surface area contributed by atoms with Gasteiger partial charge < -0.3 is 19.5 Å². The molecule has 1 aromatic carbocycles. The highest BCUT2D eigenvalue weighted by atomic mass is 32.1. The fourth-order valence-corrected chi connectivity index (χ4v) is 6.99. The first-order chi connectivity index (χ1) is 22.6. The Morgan fingerprint density at radius 2 is 1.73 bits per heavy atom. The van der Waals surface area contributed by atoms with E-state index < -0.39 is 11.5 Å². The third-order valence-electron chi connectivity index (χ3n) is 8.16. The highest BCUT2D eigenvalue weighted by molar-refractivity contribution is 7.19. The number of rotatable bonds is 14. The summed E-state index contributed by atoms with van der Waals surface area (Å²) in [5.41, 5.74) is 1.81. The van der Waals surface area contributed by atoms with E-state index in [2.05, 4.69) is 43.0 Å². The van der Waals surface area contributed by atoms with Crippen LogP contribution in [-0.4, -0.2) is 61.1 Å². The van der Waals surface area contributed by atoms with E-state index in [1.807, 2.05) is 19.1 Å². The molecule has 1 saturated carbocycles. The van der Waals surface area contributed by atoms with Crippen LogP contribution in [-0.2, 0) is 4.74 Å². The molecule has 2 atom stereocenters. The van der Waals surface area contributed by atoms with Gasteiger partial charge in [0.1, 0.15) is 5.75 Å². The van der Waals surface area contributed by atoms with Crippen LogP contribution in [0.3, 0.4) is 0 Å². The van der Waals surface area contributed by atoms with E-state index in [0.29, 0.717) is 34.7 Å². The van der Waals surface area contributed by atoms with Gasteiger partial charge in [-0.2, -0.15) is 0 Å². The lowest BCUT2D eigenvalue weighted by molar-refractivity contribution is -0.124. The summed E-state index contributed by atoms with van der Waals surface area (Å²) < 4.78 is 42.1. The van der Waals surface area contributed by atoms with Crippen molar-refractivity contribution in [2.24, 2.45) is 11.8 Å². The Hall–Kier alpha value is -3.18. The molecular weight excluding hydrogens is 636 g/mol. The topological polar surface area (TPSA) is 99.6 Å². The Morgan fingerprint density at radius 3 is 2.29 bits per heavy atom. The van der Waals surface area contributed by atoms with Crippen molar-refractivity contribution in [3.8, 4) is 11.6 Å². The number of benzene rings is 1. The van der Waals surface area contributed by atoms with Crippen LogP contribution in [0.15, 0.2) is 24.4 Å². The van der Waals surface area contributed by atoms with E-state index in [4.69, 9.17) is 14.2 Å². The van der Waals surface area contributed by atoms with Crippen LogP contribution < -0.4 is 14.8 Å². The van der Waals surface area contributed by atoms with Crippen LogP contribution in [0.5, 0.6) is 11.6 Å². The van der Waals surface area contributed by atoms with Crippen molar-refractivity contribution in [3.05, 3.63) is 46.1 Å². The van der Waals surface area contributed by atoms with Crippen molar-refractivity contribution >= 4 is 33.2 Å². The fraction of sp³-hybridized carbons (Fsp3) is 0.622. The highest BCUT2D eigenvalue weighted by Gasteiger charge is 2.54. The quantitative estimate of drug-likeness (QED) is 0.168. The third-order valence-corrected chi connectivity index (χ3v) is 9.17. The lowest BCUT2D eigenvalue weighted by Crippen LogP contribution is -2.60. The van der Waals surface area contributed by atoms with Crippen LogP contribution in [0.25, 0.3) is 10.2 Å². The van der Waals surface area contributed by atoms with Gasteiger partial charge >= 0.3 is 0 Å². The lowest BCUT2D eigenvalue weighted by Gasteiger charge is -2.45. The number of thiazole rings is 1. The SMILES string of the molecule is CCCC(C)CC(C)COC.CCCCC(=O)c1c(OC)ccc2nc(C)sc12.COc1cc(C(=O)NC2(C)CC(F)(F)C2)c(C)cn1. The van der Waals surface area contributed by atoms with Gasteiger partial charge in [-0.15, -0.1) is 11.3 Å². The number of nitrogens with one attached hydrogen (secondary N) is 1. The molecule has 2 aromatic heterocycles. The number of nitrogens with zero attached hydrogens (tertiary/aromatic N) is 2. The number of ether oxygens (including phenoxy) is 3. The molecule has 4 rings (SSSR count). The number of halogens is 2. The van der Waals surface area contributed by atoms with Crippen molar-refractivity contribution in [3.63, 3.8) is 0 Å². The van der Waals surface area contributed by atoms with Crippen molar-refractivity contribution < 1.29 is 32.6 Å². The molecule has 1 amide bonds. The maximum atomic E-state index is 12.9. The second kappa shape index (κ2) is 19.1. The molecule has 1 N–H and O–H groups in total. The van der Waals surface area contributed by atoms with Crippen LogP contribution >= 0.6 is 11.3 Å². The number of alkyl halides is 2. The van der Waals surface area contributed by atoms with Gasteiger partial charge in [-0.3, -0.25) is 9.59 Å². The normalized spacial score (nSPS) is 15.5. The molecule has 1 aliphatic rings. The number of amides is 1. The molecule has 0 spiro atoms. The monoisotopic (exact) mass is 691 g/mol. The number of carbonyl (C=O) groups is 2. The predicted octanol–water partition coefficient (Wildman–Crippen LogP) is 9.40. The molecule has 0 saturated heterocycles. The minimum Gasteiger partial charge on any atom is -0.496 e.